The Bertz CT molecular complexity index is 1300. The van der Waals surface area contributed by atoms with E-state index in [-0.39, 0.29) is 11.6 Å². The van der Waals surface area contributed by atoms with Gasteiger partial charge in [0.15, 0.2) is 0 Å². The summed E-state index contributed by atoms with van der Waals surface area (Å²) in [5.74, 6) is 0.911. The van der Waals surface area contributed by atoms with Crippen LogP contribution in [0.2, 0.25) is 0 Å². The van der Waals surface area contributed by atoms with Crippen molar-refractivity contribution in [1.82, 2.24) is 19.5 Å². The Morgan fingerprint density at radius 2 is 1.82 bits per heavy atom. The number of benzene rings is 2. The normalized spacial score (nSPS) is 11.6. The lowest BCUT2D eigenvalue weighted by Gasteiger charge is -2.11. The van der Waals surface area contributed by atoms with Gasteiger partial charge in [0.05, 0.1) is 5.69 Å². The van der Waals surface area contributed by atoms with E-state index in [0.29, 0.717) is 17.3 Å². The summed E-state index contributed by atoms with van der Waals surface area (Å²) in [6.45, 7) is 0. The quantitative estimate of drug-likeness (QED) is 0.383. The molecule has 8 heteroatoms. The summed E-state index contributed by atoms with van der Waals surface area (Å²) in [7, 11) is -3.57. The second kappa shape index (κ2) is 6.97. The van der Waals surface area contributed by atoms with Crippen molar-refractivity contribution in [1.29, 1.82) is 0 Å². The molecule has 0 bridgehead atoms. The Labute approximate surface area is 161 Å². The largest absolute Gasteiger partial charge is 0.303 e. The van der Waals surface area contributed by atoms with E-state index in [0.717, 1.165) is 28.9 Å². The predicted octanol–water partition coefficient (Wildman–Crippen LogP) is 2.63. The summed E-state index contributed by atoms with van der Waals surface area (Å²) in [5, 5.41) is 1.87. The van der Waals surface area contributed by atoms with Gasteiger partial charge in [-0.25, -0.2) is 23.4 Å². The van der Waals surface area contributed by atoms with Gasteiger partial charge in [-0.05, 0) is 22.9 Å². The molecule has 0 amide bonds. The Morgan fingerprint density at radius 3 is 2.57 bits per heavy atom. The molecule has 0 atom stereocenters. The van der Waals surface area contributed by atoms with Crippen LogP contribution in [0.15, 0.2) is 66.1 Å². The zero-order chi connectivity index (χ0) is 19.7. The van der Waals surface area contributed by atoms with E-state index >= 15 is 0 Å². The molecule has 2 aromatic heterocycles. The molecule has 0 aliphatic rings. The first-order valence-electron chi connectivity index (χ1n) is 8.50. The van der Waals surface area contributed by atoms with E-state index in [1.165, 1.54) is 6.20 Å². The van der Waals surface area contributed by atoms with E-state index in [9.17, 15) is 13.2 Å². The molecule has 0 unspecified atom stereocenters. The fraction of sp³-hybridized carbons (Fsp3) is 0.100. The summed E-state index contributed by atoms with van der Waals surface area (Å²) in [6, 6.07) is 15.5. The zero-order valence-corrected chi connectivity index (χ0v) is 15.8. The minimum Gasteiger partial charge on any atom is -0.303 e. The van der Waals surface area contributed by atoms with Gasteiger partial charge in [0, 0.05) is 30.6 Å². The number of sulfone groups is 1. The Kier molecular flexibility index (Phi) is 4.48. The third kappa shape index (κ3) is 3.29. The number of aldehydes is 1. The molecule has 140 valence electrons. The van der Waals surface area contributed by atoms with Crippen molar-refractivity contribution in [3.63, 3.8) is 0 Å². The summed E-state index contributed by atoms with van der Waals surface area (Å²) in [6.07, 6.45) is 4.93. The first-order valence-corrected chi connectivity index (χ1v) is 10.4. The van der Waals surface area contributed by atoms with Crippen molar-refractivity contribution in [3.8, 4) is 17.2 Å². The molecule has 4 aromatic rings. The third-order valence-corrected chi connectivity index (χ3v) is 5.17. The number of carbonyl (C=O) groups excluding carboxylic acids is 1. The number of hydrogen-bond donors (Lipinski definition) is 0. The van der Waals surface area contributed by atoms with Gasteiger partial charge in [0.1, 0.15) is 17.9 Å². The van der Waals surface area contributed by atoms with E-state index in [1.807, 2.05) is 42.5 Å². The van der Waals surface area contributed by atoms with Crippen LogP contribution < -0.4 is 0 Å². The average molecular weight is 392 g/mol. The Hall–Kier alpha value is -3.39. The summed E-state index contributed by atoms with van der Waals surface area (Å²) in [4.78, 5) is 23.6. The standard InChI is InChI=1S/C20H16N4O3S/c1-28(26,27)20-21-10-8-18(23-20)24-17(9-11-25)13-22-19(24)16-7-6-14-4-2-3-5-15(14)12-16/h2-8,10-13H,9H2,1H3. The molecule has 0 fully saturated rings. The molecule has 4 rings (SSSR count). The van der Waals surface area contributed by atoms with Gasteiger partial charge in [0.2, 0.25) is 15.0 Å². The van der Waals surface area contributed by atoms with Crippen LogP contribution in [0.25, 0.3) is 28.0 Å². The van der Waals surface area contributed by atoms with Crippen LogP contribution >= 0.6 is 0 Å². The highest BCUT2D eigenvalue weighted by Crippen LogP contribution is 2.27. The minimum atomic E-state index is -3.57. The van der Waals surface area contributed by atoms with Crippen molar-refractivity contribution in [2.24, 2.45) is 0 Å². The lowest BCUT2D eigenvalue weighted by atomic mass is 10.1. The van der Waals surface area contributed by atoms with Crippen LogP contribution in [0.1, 0.15) is 5.69 Å². The maximum atomic E-state index is 11.9. The van der Waals surface area contributed by atoms with Crippen molar-refractivity contribution in [3.05, 3.63) is 66.6 Å². The fourth-order valence-electron chi connectivity index (χ4n) is 3.04. The lowest BCUT2D eigenvalue weighted by molar-refractivity contribution is -0.107. The average Bonchev–Trinajstić information content (AvgIpc) is 3.11. The van der Waals surface area contributed by atoms with Gasteiger partial charge in [-0.3, -0.25) is 4.57 Å². The number of imidazole rings is 1. The number of aromatic nitrogens is 4. The lowest BCUT2D eigenvalue weighted by Crippen LogP contribution is -2.10. The van der Waals surface area contributed by atoms with E-state index in [4.69, 9.17) is 0 Å². The molecule has 0 aliphatic heterocycles. The maximum Gasteiger partial charge on any atom is 0.248 e. The van der Waals surface area contributed by atoms with Gasteiger partial charge in [-0.15, -0.1) is 0 Å². The van der Waals surface area contributed by atoms with Crippen LogP contribution in [-0.4, -0.2) is 40.5 Å². The summed E-state index contributed by atoms with van der Waals surface area (Å²) < 4.78 is 25.4. The third-order valence-electron chi connectivity index (χ3n) is 4.31. The van der Waals surface area contributed by atoms with Crippen LogP contribution in [0.5, 0.6) is 0 Å². The molecule has 0 N–H and O–H groups in total. The molecule has 2 heterocycles. The molecule has 0 aliphatic carbocycles. The van der Waals surface area contributed by atoms with Gasteiger partial charge in [-0.2, -0.15) is 0 Å². The first-order chi connectivity index (χ1) is 13.5. The molecule has 0 radical (unpaired) electrons. The van der Waals surface area contributed by atoms with Crippen molar-refractivity contribution >= 4 is 26.9 Å². The van der Waals surface area contributed by atoms with Gasteiger partial charge in [0.25, 0.3) is 0 Å². The second-order valence-corrected chi connectivity index (χ2v) is 8.22. The highest BCUT2D eigenvalue weighted by molar-refractivity contribution is 7.90. The number of hydrogen-bond acceptors (Lipinski definition) is 6. The highest BCUT2D eigenvalue weighted by Gasteiger charge is 2.18. The Balaban J connectivity index is 1.93. The number of nitrogens with zero attached hydrogens (tertiary/aromatic N) is 4. The second-order valence-electron chi connectivity index (χ2n) is 6.31. The highest BCUT2D eigenvalue weighted by atomic mass is 32.2. The molecule has 2 aromatic carbocycles. The molecule has 7 nitrogen and oxygen atoms in total. The number of carbonyl (C=O) groups is 1. The monoisotopic (exact) mass is 392 g/mol. The molecule has 0 saturated heterocycles. The van der Waals surface area contributed by atoms with Crippen LogP contribution in [0.4, 0.5) is 0 Å². The van der Waals surface area contributed by atoms with Crippen molar-refractivity contribution in [2.45, 2.75) is 11.6 Å². The van der Waals surface area contributed by atoms with E-state index in [2.05, 4.69) is 15.0 Å². The molecule has 0 saturated carbocycles. The number of fused-ring (bicyclic) bond motifs is 1. The van der Waals surface area contributed by atoms with Gasteiger partial charge in [-0.1, -0.05) is 36.4 Å². The molecule has 28 heavy (non-hydrogen) atoms. The molecular formula is C20H16N4O3S. The topological polar surface area (TPSA) is 94.8 Å². The summed E-state index contributed by atoms with van der Waals surface area (Å²) >= 11 is 0. The Morgan fingerprint density at radius 1 is 1.04 bits per heavy atom. The minimum absolute atomic E-state index is 0.124. The van der Waals surface area contributed by atoms with Gasteiger partial charge >= 0.3 is 0 Å². The van der Waals surface area contributed by atoms with Crippen LogP contribution in [-0.2, 0) is 21.1 Å². The summed E-state index contributed by atoms with van der Waals surface area (Å²) in [5.41, 5.74) is 1.44. The van der Waals surface area contributed by atoms with Crippen molar-refractivity contribution < 1.29 is 13.2 Å². The maximum absolute atomic E-state index is 11.9. The van der Waals surface area contributed by atoms with Crippen LogP contribution in [0, 0.1) is 0 Å². The smallest absolute Gasteiger partial charge is 0.248 e. The molecule has 0 spiro atoms. The van der Waals surface area contributed by atoms with Crippen molar-refractivity contribution in [2.75, 3.05) is 6.26 Å². The van der Waals surface area contributed by atoms with E-state index in [1.54, 1.807) is 16.8 Å². The van der Waals surface area contributed by atoms with E-state index < -0.39 is 9.84 Å². The fourth-order valence-corrected chi connectivity index (χ4v) is 3.55. The zero-order valence-electron chi connectivity index (χ0n) is 15.0. The van der Waals surface area contributed by atoms with Gasteiger partial charge < -0.3 is 4.79 Å². The number of rotatable bonds is 5. The predicted molar refractivity (Wildman–Crippen MR) is 105 cm³/mol. The first kappa shape index (κ1) is 18.0. The van der Waals surface area contributed by atoms with Crippen LogP contribution in [0.3, 0.4) is 0 Å². The molecular weight excluding hydrogens is 376 g/mol. The SMILES string of the molecule is CS(=O)(=O)c1nccc(-n2c(CC=O)cnc2-c2ccc3ccccc3c2)n1.